The molecule has 2 rings (SSSR count). The summed E-state index contributed by atoms with van der Waals surface area (Å²) in [6.07, 6.45) is 2.53. The molecule has 1 aromatic heterocycles. The van der Waals surface area contributed by atoms with Crippen molar-refractivity contribution in [1.29, 1.82) is 0 Å². The molecule has 1 aliphatic rings. The van der Waals surface area contributed by atoms with E-state index in [4.69, 9.17) is 17.3 Å². The molecule has 7 nitrogen and oxygen atoms in total. The van der Waals surface area contributed by atoms with Crippen LogP contribution >= 0.6 is 11.6 Å². The number of pyridine rings is 1. The minimum absolute atomic E-state index is 0.0924. The second-order valence-electron chi connectivity index (χ2n) is 4.56. The smallest absolute Gasteiger partial charge is 0.257 e. The van der Waals surface area contributed by atoms with Crippen molar-refractivity contribution in [1.82, 2.24) is 14.2 Å². The zero-order chi connectivity index (χ0) is 14.9. The van der Waals surface area contributed by atoms with E-state index in [0.29, 0.717) is 18.8 Å². The van der Waals surface area contributed by atoms with Gasteiger partial charge in [0.15, 0.2) is 0 Å². The molecule has 0 atom stereocenters. The topological polar surface area (TPSA) is 96.6 Å². The maximum absolute atomic E-state index is 12.3. The van der Waals surface area contributed by atoms with Gasteiger partial charge in [0.25, 0.3) is 5.91 Å². The van der Waals surface area contributed by atoms with Crippen LogP contribution in [0.25, 0.3) is 0 Å². The normalized spacial score (nSPS) is 17.2. The number of hydrogen-bond donors (Lipinski definition) is 1. The van der Waals surface area contributed by atoms with Crippen LogP contribution < -0.4 is 5.73 Å². The monoisotopic (exact) mass is 318 g/mol. The third-order valence-electron chi connectivity index (χ3n) is 3.09. The molecule has 0 aliphatic carbocycles. The number of piperazine rings is 1. The predicted octanol–water partition coefficient (Wildman–Crippen LogP) is 0.0346. The highest BCUT2D eigenvalue weighted by atomic mass is 35.5. The maximum atomic E-state index is 12.3. The van der Waals surface area contributed by atoms with Crippen LogP contribution in [-0.2, 0) is 10.0 Å². The Kier molecular flexibility index (Phi) is 4.17. The number of nitrogens with two attached hydrogens (primary N) is 1. The van der Waals surface area contributed by atoms with E-state index in [9.17, 15) is 13.2 Å². The first-order valence-corrected chi connectivity index (χ1v) is 8.17. The van der Waals surface area contributed by atoms with Crippen molar-refractivity contribution in [2.24, 2.45) is 0 Å². The second kappa shape index (κ2) is 5.55. The van der Waals surface area contributed by atoms with Crippen molar-refractivity contribution in [2.75, 3.05) is 38.2 Å². The molecular weight excluding hydrogens is 304 g/mol. The summed E-state index contributed by atoms with van der Waals surface area (Å²) in [5.74, 6) is -0.289. The number of anilines is 1. The van der Waals surface area contributed by atoms with Gasteiger partial charge in [-0.25, -0.2) is 13.4 Å². The number of aromatic nitrogens is 1. The zero-order valence-corrected chi connectivity index (χ0v) is 12.5. The van der Waals surface area contributed by atoms with E-state index in [1.807, 2.05) is 0 Å². The Labute approximate surface area is 122 Å². The number of carbonyl (C=O) groups excluding carboxylic acids is 1. The zero-order valence-electron chi connectivity index (χ0n) is 10.9. The summed E-state index contributed by atoms with van der Waals surface area (Å²) in [6, 6.07) is 1.47. The molecule has 110 valence electrons. The highest BCUT2D eigenvalue weighted by molar-refractivity contribution is 7.88. The van der Waals surface area contributed by atoms with Crippen LogP contribution in [-0.4, -0.2) is 60.9 Å². The van der Waals surface area contributed by atoms with E-state index in [1.165, 1.54) is 16.6 Å². The van der Waals surface area contributed by atoms with Crippen molar-refractivity contribution in [3.8, 4) is 0 Å². The van der Waals surface area contributed by atoms with Gasteiger partial charge in [-0.3, -0.25) is 4.79 Å². The van der Waals surface area contributed by atoms with E-state index in [1.54, 1.807) is 4.90 Å². The fourth-order valence-corrected chi connectivity index (χ4v) is 3.02. The Balaban J connectivity index is 2.11. The lowest BCUT2D eigenvalue weighted by Crippen LogP contribution is -2.50. The van der Waals surface area contributed by atoms with Gasteiger partial charge in [-0.2, -0.15) is 4.31 Å². The minimum atomic E-state index is -3.22. The van der Waals surface area contributed by atoms with Crippen LogP contribution in [0.1, 0.15) is 10.4 Å². The molecule has 0 saturated carbocycles. The Morgan fingerprint density at radius 2 is 1.95 bits per heavy atom. The quantitative estimate of drug-likeness (QED) is 0.776. The first-order chi connectivity index (χ1) is 9.29. The molecule has 0 bridgehead atoms. The molecule has 1 amide bonds. The molecule has 1 fully saturated rings. The van der Waals surface area contributed by atoms with Gasteiger partial charge in [0.2, 0.25) is 10.0 Å². The Hall–Kier alpha value is -1.38. The van der Waals surface area contributed by atoms with E-state index >= 15 is 0 Å². The summed E-state index contributed by atoms with van der Waals surface area (Å²) in [4.78, 5) is 17.7. The summed E-state index contributed by atoms with van der Waals surface area (Å²) in [6.45, 7) is 1.18. The van der Waals surface area contributed by atoms with Crippen LogP contribution in [0.15, 0.2) is 12.3 Å². The molecule has 0 aromatic carbocycles. The number of carbonyl (C=O) groups is 1. The Morgan fingerprint density at radius 3 is 2.50 bits per heavy atom. The number of sulfonamides is 1. The molecule has 2 heterocycles. The summed E-state index contributed by atoms with van der Waals surface area (Å²) < 4.78 is 24.2. The summed E-state index contributed by atoms with van der Waals surface area (Å²) in [7, 11) is -3.22. The van der Waals surface area contributed by atoms with E-state index < -0.39 is 10.0 Å². The van der Waals surface area contributed by atoms with Gasteiger partial charge in [-0.1, -0.05) is 11.6 Å². The average molecular weight is 319 g/mol. The fourth-order valence-electron chi connectivity index (χ4n) is 2.01. The Morgan fingerprint density at radius 1 is 1.35 bits per heavy atom. The molecule has 0 unspecified atom stereocenters. The third-order valence-corrected chi connectivity index (χ3v) is 4.69. The van der Waals surface area contributed by atoms with Gasteiger partial charge in [0, 0.05) is 26.2 Å². The van der Waals surface area contributed by atoms with Crippen molar-refractivity contribution in [3.63, 3.8) is 0 Å². The minimum Gasteiger partial charge on any atom is -0.397 e. The summed E-state index contributed by atoms with van der Waals surface area (Å²) in [5, 5.41) is 0.0924. The van der Waals surface area contributed by atoms with Gasteiger partial charge in [-0.15, -0.1) is 0 Å². The van der Waals surface area contributed by atoms with E-state index in [0.717, 1.165) is 6.26 Å². The van der Waals surface area contributed by atoms with Crippen LogP contribution in [0.4, 0.5) is 5.69 Å². The molecule has 1 aromatic rings. The van der Waals surface area contributed by atoms with Crippen LogP contribution in [0.5, 0.6) is 0 Å². The van der Waals surface area contributed by atoms with Crippen molar-refractivity contribution in [3.05, 3.63) is 23.0 Å². The van der Waals surface area contributed by atoms with E-state index in [2.05, 4.69) is 4.98 Å². The van der Waals surface area contributed by atoms with Gasteiger partial charge >= 0.3 is 0 Å². The van der Waals surface area contributed by atoms with Crippen molar-refractivity contribution >= 4 is 33.2 Å². The third kappa shape index (κ3) is 3.20. The van der Waals surface area contributed by atoms with Crippen molar-refractivity contribution in [2.45, 2.75) is 0 Å². The number of halogens is 1. The predicted molar refractivity (Wildman–Crippen MR) is 76.0 cm³/mol. The van der Waals surface area contributed by atoms with Crippen LogP contribution in [0, 0.1) is 0 Å². The lowest BCUT2D eigenvalue weighted by Gasteiger charge is -2.33. The molecule has 9 heteroatoms. The summed E-state index contributed by atoms with van der Waals surface area (Å²) >= 11 is 5.89. The molecule has 0 spiro atoms. The lowest BCUT2D eigenvalue weighted by atomic mass is 10.2. The standard InChI is InChI=1S/C11H15ClN4O3S/c1-20(18,19)16-4-2-15(3-5-16)11(17)9-6-8(13)7-14-10(9)12/h6-7H,2-5,13H2,1H3. The van der Waals surface area contributed by atoms with Gasteiger partial charge < -0.3 is 10.6 Å². The average Bonchev–Trinajstić information content (AvgIpc) is 2.40. The highest BCUT2D eigenvalue weighted by Gasteiger charge is 2.27. The maximum Gasteiger partial charge on any atom is 0.257 e. The van der Waals surface area contributed by atoms with Gasteiger partial charge in [0.1, 0.15) is 5.15 Å². The molecule has 1 aliphatic heterocycles. The highest BCUT2D eigenvalue weighted by Crippen LogP contribution is 2.19. The van der Waals surface area contributed by atoms with Crippen LogP contribution in [0.3, 0.4) is 0 Å². The van der Waals surface area contributed by atoms with Crippen LogP contribution in [0.2, 0.25) is 5.15 Å². The molecular formula is C11H15ClN4O3S. The van der Waals surface area contributed by atoms with Gasteiger partial charge in [-0.05, 0) is 6.07 Å². The number of rotatable bonds is 2. The number of nitrogens with zero attached hydrogens (tertiary/aromatic N) is 3. The first-order valence-electron chi connectivity index (χ1n) is 5.94. The fraction of sp³-hybridized carbons (Fsp3) is 0.455. The van der Waals surface area contributed by atoms with Gasteiger partial charge in [0.05, 0.1) is 23.7 Å². The molecule has 1 saturated heterocycles. The molecule has 2 N–H and O–H groups in total. The first kappa shape index (κ1) is 15.0. The number of nitrogen functional groups attached to an aromatic ring is 1. The largest absolute Gasteiger partial charge is 0.397 e. The molecule has 20 heavy (non-hydrogen) atoms. The second-order valence-corrected chi connectivity index (χ2v) is 6.90. The SMILES string of the molecule is CS(=O)(=O)N1CCN(C(=O)c2cc(N)cnc2Cl)CC1. The molecule has 0 radical (unpaired) electrons. The number of hydrogen-bond acceptors (Lipinski definition) is 5. The van der Waals surface area contributed by atoms with Crippen molar-refractivity contribution < 1.29 is 13.2 Å². The van der Waals surface area contributed by atoms with E-state index in [-0.39, 0.29) is 29.7 Å². The lowest BCUT2D eigenvalue weighted by molar-refractivity contribution is 0.0698. The Bertz CT molecular complexity index is 627. The summed E-state index contributed by atoms with van der Waals surface area (Å²) in [5.41, 5.74) is 6.18. The number of amides is 1.